The number of anilines is 1. The van der Waals surface area contributed by atoms with Crippen molar-refractivity contribution >= 4 is 17.5 Å². The highest BCUT2D eigenvalue weighted by Crippen LogP contribution is 2.25. The topological polar surface area (TPSA) is 75.6 Å². The lowest BCUT2D eigenvalue weighted by Crippen LogP contribution is -2.57. The van der Waals surface area contributed by atoms with Crippen LogP contribution in [0.2, 0.25) is 0 Å². The molecule has 27 heavy (non-hydrogen) atoms. The molecule has 2 heterocycles. The Morgan fingerprint density at radius 2 is 2.04 bits per heavy atom. The lowest BCUT2D eigenvalue weighted by Gasteiger charge is -2.39. The second-order valence-electron chi connectivity index (χ2n) is 6.82. The Labute approximate surface area is 159 Å². The maximum atomic E-state index is 12.9. The molecular formula is C20H24N4O3. The van der Waals surface area contributed by atoms with Crippen LogP contribution in [0.5, 0.6) is 5.75 Å². The SMILES string of the molecule is COc1cccc(N2CCN(C(=O)c3ccnc(C(C)C)n3)[C@@H](C)C2=O)c1. The Hall–Kier alpha value is -2.96. The molecule has 0 spiro atoms. The van der Waals surface area contributed by atoms with E-state index in [4.69, 9.17) is 4.74 Å². The highest BCUT2D eigenvalue weighted by Gasteiger charge is 2.36. The summed E-state index contributed by atoms with van der Waals surface area (Å²) in [7, 11) is 1.59. The number of aromatic nitrogens is 2. The Morgan fingerprint density at radius 3 is 2.74 bits per heavy atom. The van der Waals surface area contributed by atoms with Gasteiger partial charge in [0.05, 0.1) is 7.11 Å². The Kier molecular flexibility index (Phi) is 5.39. The highest BCUT2D eigenvalue weighted by molar-refractivity contribution is 6.02. The third kappa shape index (κ3) is 3.77. The van der Waals surface area contributed by atoms with Crippen molar-refractivity contribution in [1.29, 1.82) is 0 Å². The fourth-order valence-electron chi connectivity index (χ4n) is 3.10. The minimum Gasteiger partial charge on any atom is -0.497 e. The largest absolute Gasteiger partial charge is 0.497 e. The van der Waals surface area contributed by atoms with Gasteiger partial charge in [-0.15, -0.1) is 0 Å². The van der Waals surface area contributed by atoms with Gasteiger partial charge in [-0.25, -0.2) is 9.97 Å². The molecule has 0 radical (unpaired) electrons. The first-order valence-electron chi connectivity index (χ1n) is 9.01. The van der Waals surface area contributed by atoms with Crippen molar-refractivity contribution in [2.45, 2.75) is 32.7 Å². The molecular weight excluding hydrogens is 344 g/mol. The minimum atomic E-state index is -0.574. The average Bonchev–Trinajstić information content (AvgIpc) is 2.69. The normalized spacial score (nSPS) is 17.4. The number of hydrogen-bond acceptors (Lipinski definition) is 5. The number of hydrogen-bond donors (Lipinski definition) is 0. The molecule has 0 aliphatic carbocycles. The van der Waals surface area contributed by atoms with Gasteiger partial charge in [0.2, 0.25) is 5.91 Å². The van der Waals surface area contributed by atoms with E-state index in [-0.39, 0.29) is 17.7 Å². The summed E-state index contributed by atoms with van der Waals surface area (Å²) in [6, 6.07) is 8.39. The number of carbonyl (C=O) groups is 2. The van der Waals surface area contributed by atoms with Gasteiger partial charge < -0.3 is 14.5 Å². The van der Waals surface area contributed by atoms with Crippen LogP contribution in [0, 0.1) is 0 Å². The van der Waals surface area contributed by atoms with Gasteiger partial charge in [-0.3, -0.25) is 9.59 Å². The summed E-state index contributed by atoms with van der Waals surface area (Å²) in [5.74, 6) is 1.07. The first-order valence-corrected chi connectivity index (χ1v) is 9.01. The number of benzene rings is 1. The number of nitrogens with zero attached hydrogens (tertiary/aromatic N) is 4. The molecule has 7 heteroatoms. The highest BCUT2D eigenvalue weighted by atomic mass is 16.5. The molecule has 1 aliphatic rings. The van der Waals surface area contributed by atoms with Crippen molar-refractivity contribution in [3.05, 3.63) is 48.0 Å². The van der Waals surface area contributed by atoms with Gasteiger partial charge in [0.1, 0.15) is 23.3 Å². The van der Waals surface area contributed by atoms with Crippen LogP contribution in [0.15, 0.2) is 36.5 Å². The van der Waals surface area contributed by atoms with Crippen molar-refractivity contribution in [3.63, 3.8) is 0 Å². The number of methoxy groups -OCH3 is 1. The summed E-state index contributed by atoms with van der Waals surface area (Å²) < 4.78 is 5.24. The molecule has 1 aromatic heterocycles. The first-order chi connectivity index (χ1) is 12.9. The van der Waals surface area contributed by atoms with Gasteiger partial charge >= 0.3 is 0 Å². The summed E-state index contributed by atoms with van der Waals surface area (Å²) >= 11 is 0. The van der Waals surface area contributed by atoms with Crippen molar-refractivity contribution in [1.82, 2.24) is 14.9 Å². The molecule has 0 bridgehead atoms. The van der Waals surface area contributed by atoms with Gasteiger partial charge in [-0.1, -0.05) is 19.9 Å². The summed E-state index contributed by atoms with van der Waals surface area (Å²) in [6.07, 6.45) is 1.59. The summed E-state index contributed by atoms with van der Waals surface area (Å²) in [6.45, 7) is 6.55. The third-order valence-corrected chi connectivity index (χ3v) is 4.69. The Bertz CT molecular complexity index is 853. The molecule has 0 N–H and O–H groups in total. The number of piperazine rings is 1. The minimum absolute atomic E-state index is 0.124. The van der Waals surface area contributed by atoms with Gasteiger partial charge in [0.15, 0.2) is 0 Å². The molecule has 1 atom stereocenters. The van der Waals surface area contributed by atoms with E-state index in [2.05, 4.69) is 9.97 Å². The quantitative estimate of drug-likeness (QED) is 0.829. The predicted octanol–water partition coefficient (Wildman–Crippen LogP) is 2.49. The van der Waals surface area contributed by atoms with Crippen LogP contribution in [0.4, 0.5) is 5.69 Å². The number of ether oxygens (including phenoxy) is 1. The van der Waals surface area contributed by atoms with E-state index in [1.165, 1.54) is 0 Å². The predicted molar refractivity (Wildman–Crippen MR) is 102 cm³/mol. The van der Waals surface area contributed by atoms with Crippen LogP contribution < -0.4 is 9.64 Å². The molecule has 1 fully saturated rings. The van der Waals surface area contributed by atoms with E-state index in [0.717, 1.165) is 5.69 Å². The van der Waals surface area contributed by atoms with E-state index in [1.54, 1.807) is 36.1 Å². The smallest absolute Gasteiger partial charge is 0.273 e. The zero-order valence-electron chi connectivity index (χ0n) is 16.0. The molecule has 1 saturated heterocycles. The maximum absolute atomic E-state index is 12.9. The number of carbonyl (C=O) groups excluding carboxylic acids is 2. The summed E-state index contributed by atoms with van der Waals surface area (Å²) in [5.41, 5.74) is 1.09. The van der Waals surface area contributed by atoms with Gasteiger partial charge in [-0.05, 0) is 25.1 Å². The molecule has 2 amide bonds. The molecule has 1 aliphatic heterocycles. The van der Waals surface area contributed by atoms with Crippen LogP contribution in [0.3, 0.4) is 0 Å². The first kappa shape index (κ1) is 18.8. The van der Waals surface area contributed by atoms with E-state index >= 15 is 0 Å². The van der Waals surface area contributed by atoms with E-state index in [1.807, 2.05) is 38.1 Å². The lowest BCUT2D eigenvalue weighted by molar-refractivity contribution is -0.124. The molecule has 2 aromatic rings. The Balaban J connectivity index is 1.80. The lowest BCUT2D eigenvalue weighted by atomic mass is 10.1. The number of amides is 2. The van der Waals surface area contributed by atoms with Crippen molar-refractivity contribution < 1.29 is 14.3 Å². The third-order valence-electron chi connectivity index (χ3n) is 4.69. The molecule has 3 rings (SSSR count). The van der Waals surface area contributed by atoms with E-state index in [0.29, 0.717) is 30.4 Å². The average molecular weight is 368 g/mol. The van der Waals surface area contributed by atoms with Gasteiger partial charge in [0, 0.05) is 37.0 Å². The van der Waals surface area contributed by atoms with Gasteiger partial charge in [0.25, 0.3) is 5.91 Å². The standard InChI is InChI=1S/C20H24N4O3/c1-13(2)18-21-9-8-17(22-18)20(26)23-10-11-24(19(25)14(23)3)15-6-5-7-16(12-15)27-4/h5-9,12-14H,10-11H2,1-4H3/t14-/m0/s1. The van der Waals surface area contributed by atoms with Gasteiger partial charge in [-0.2, -0.15) is 0 Å². The second-order valence-corrected chi connectivity index (χ2v) is 6.82. The van der Waals surface area contributed by atoms with Crippen LogP contribution in [0.25, 0.3) is 0 Å². The zero-order valence-corrected chi connectivity index (χ0v) is 16.0. The molecule has 0 saturated carbocycles. The van der Waals surface area contributed by atoms with Crippen LogP contribution in [0.1, 0.15) is 43.0 Å². The zero-order chi connectivity index (χ0) is 19.6. The van der Waals surface area contributed by atoms with Crippen LogP contribution in [-0.4, -0.2) is 52.9 Å². The fourth-order valence-corrected chi connectivity index (χ4v) is 3.10. The molecule has 7 nitrogen and oxygen atoms in total. The summed E-state index contributed by atoms with van der Waals surface area (Å²) in [4.78, 5) is 37.7. The fraction of sp³-hybridized carbons (Fsp3) is 0.400. The molecule has 1 aromatic carbocycles. The van der Waals surface area contributed by atoms with Crippen molar-refractivity contribution in [3.8, 4) is 5.75 Å². The van der Waals surface area contributed by atoms with Crippen molar-refractivity contribution in [2.24, 2.45) is 0 Å². The molecule has 0 unspecified atom stereocenters. The monoisotopic (exact) mass is 368 g/mol. The maximum Gasteiger partial charge on any atom is 0.273 e. The Morgan fingerprint density at radius 1 is 1.26 bits per heavy atom. The summed E-state index contributed by atoms with van der Waals surface area (Å²) in [5, 5.41) is 0. The molecule has 142 valence electrons. The van der Waals surface area contributed by atoms with E-state index in [9.17, 15) is 9.59 Å². The van der Waals surface area contributed by atoms with Crippen LogP contribution in [-0.2, 0) is 4.79 Å². The number of rotatable bonds is 4. The van der Waals surface area contributed by atoms with E-state index < -0.39 is 6.04 Å². The van der Waals surface area contributed by atoms with Crippen LogP contribution >= 0.6 is 0 Å². The second kappa shape index (κ2) is 7.73. The van der Waals surface area contributed by atoms with Crippen molar-refractivity contribution in [2.75, 3.05) is 25.1 Å².